The van der Waals surface area contributed by atoms with E-state index in [1.807, 2.05) is 0 Å². The van der Waals surface area contributed by atoms with Crippen LogP contribution < -0.4 is 10.6 Å². The van der Waals surface area contributed by atoms with Gasteiger partial charge in [-0.05, 0) is 27.2 Å². The van der Waals surface area contributed by atoms with Crippen molar-refractivity contribution in [3.63, 3.8) is 0 Å². The van der Waals surface area contributed by atoms with Gasteiger partial charge in [-0.25, -0.2) is 4.79 Å². The van der Waals surface area contributed by atoms with Crippen molar-refractivity contribution in [1.29, 1.82) is 0 Å². The average Bonchev–Trinajstić information content (AvgIpc) is 2.33. The van der Waals surface area contributed by atoms with Crippen molar-refractivity contribution in [2.75, 3.05) is 13.2 Å². The summed E-state index contributed by atoms with van der Waals surface area (Å²) in [6, 6.07) is -0.976. The van der Waals surface area contributed by atoms with Crippen LogP contribution in [0.3, 0.4) is 0 Å². The maximum atomic E-state index is 11.8. The van der Waals surface area contributed by atoms with Crippen LogP contribution in [0, 0.1) is 0 Å². The van der Waals surface area contributed by atoms with E-state index in [0.29, 0.717) is 6.54 Å². The molecule has 0 radical (unpaired) electrons. The predicted molar refractivity (Wildman–Crippen MR) is 77.4 cm³/mol. The molecular formula is C14H28N2O4. The topological polar surface area (TPSA) is 87.7 Å². The largest absolute Gasteiger partial charge is 0.444 e. The van der Waals surface area contributed by atoms with Gasteiger partial charge in [0.15, 0.2) is 0 Å². The van der Waals surface area contributed by atoms with Crippen LogP contribution in [-0.4, -0.2) is 41.9 Å². The van der Waals surface area contributed by atoms with E-state index in [2.05, 4.69) is 17.6 Å². The Kier molecular flexibility index (Phi) is 8.96. The Balaban J connectivity index is 4.05. The lowest BCUT2D eigenvalue weighted by atomic mass is 10.2. The fraction of sp³-hybridized carbons (Fsp3) is 0.857. The van der Waals surface area contributed by atoms with Gasteiger partial charge in [0.25, 0.3) is 0 Å². The van der Waals surface area contributed by atoms with Crippen molar-refractivity contribution >= 4 is 12.0 Å². The Labute approximate surface area is 121 Å². The minimum Gasteiger partial charge on any atom is -0.444 e. The predicted octanol–water partition coefficient (Wildman–Crippen LogP) is 1.57. The molecule has 3 N–H and O–H groups in total. The number of aliphatic hydroxyl groups excluding tert-OH is 1. The quantitative estimate of drug-likeness (QED) is 0.592. The molecule has 6 nitrogen and oxygen atoms in total. The number of hydrogen-bond acceptors (Lipinski definition) is 4. The highest BCUT2D eigenvalue weighted by atomic mass is 16.6. The number of hydrogen-bond donors (Lipinski definition) is 3. The number of aliphatic hydroxyl groups is 1. The molecule has 0 bridgehead atoms. The lowest BCUT2D eigenvalue weighted by molar-refractivity contribution is -0.124. The summed E-state index contributed by atoms with van der Waals surface area (Å²) < 4.78 is 5.04. The molecule has 0 aromatic carbocycles. The Hall–Kier alpha value is -1.30. The fourth-order valence-electron chi connectivity index (χ4n) is 1.53. The number of alkyl carbamates (subject to hydrolysis) is 1. The maximum Gasteiger partial charge on any atom is 0.408 e. The highest BCUT2D eigenvalue weighted by molar-refractivity contribution is 5.85. The highest BCUT2D eigenvalue weighted by Crippen LogP contribution is 2.06. The molecule has 0 aromatic heterocycles. The number of ether oxygens (including phenoxy) is 1. The minimum atomic E-state index is -0.976. The molecule has 0 aliphatic carbocycles. The van der Waals surface area contributed by atoms with Gasteiger partial charge in [-0.3, -0.25) is 4.79 Å². The first-order valence-electron chi connectivity index (χ1n) is 7.18. The van der Waals surface area contributed by atoms with Crippen molar-refractivity contribution < 1.29 is 19.4 Å². The highest BCUT2D eigenvalue weighted by Gasteiger charge is 2.23. The van der Waals surface area contributed by atoms with E-state index in [1.165, 1.54) is 0 Å². The monoisotopic (exact) mass is 288 g/mol. The number of carbonyl (C=O) groups excluding carboxylic acids is 2. The molecule has 20 heavy (non-hydrogen) atoms. The van der Waals surface area contributed by atoms with Crippen molar-refractivity contribution in [1.82, 2.24) is 10.6 Å². The van der Waals surface area contributed by atoms with Crippen LogP contribution in [0.25, 0.3) is 0 Å². The fourth-order valence-corrected chi connectivity index (χ4v) is 1.53. The molecule has 2 amide bonds. The summed E-state index contributed by atoms with van der Waals surface area (Å²) in [4.78, 5) is 23.3. The van der Waals surface area contributed by atoms with E-state index >= 15 is 0 Å². The lowest BCUT2D eigenvalue weighted by Crippen LogP contribution is -2.50. The van der Waals surface area contributed by atoms with Crippen LogP contribution in [0.15, 0.2) is 0 Å². The molecule has 0 unspecified atom stereocenters. The molecule has 0 aliphatic rings. The zero-order valence-electron chi connectivity index (χ0n) is 13.0. The van der Waals surface area contributed by atoms with E-state index in [-0.39, 0.29) is 0 Å². The summed E-state index contributed by atoms with van der Waals surface area (Å²) in [6.45, 7) is 7.40. The second-order valence-electron chi connectivity index (χ2n) is 5.73. The SMILES string of the molecule is CCCCCCNC(=O)[C@H](CO)NC(=O)OC(C)(C)C. The van der Waals surface area contributed by atoms with Crippen molar-refractivity contribution in [3.05, 3.63) is 0 Å². The Bertz CT molecular complexity index is 300. The van der Waals surface area contributed by atoms with Gasteiger partial charge in [0.05, 0.1) is 6.61 Å². The molecule has 0 heterocycles. The van der Waals surface area contributed by atoms with Crippen LogP contribution in [0.4, 0.5) is 4.79 Å². The average molecular weight is 288 g/mol. The van der Waals surface area contributed by atoms with Crippen LogP contribution >= 0.6 is 0 Å². The van der Waals surface area contributed by atoms with Crippen LogP contribution in [0.2, 0.25) is 0 Å². The van der Waals surface area contributed by atoms with Gasteiger partial charge in [0.2, 0.25) is 5.91 Å². The number of carbonyl (C=O) groups is 2. The molecule has 1 atom stereocenters. The Morgan fingerprint density at radius 3 is 2.35 bits per heavy atom. The number of amides is 2. The van der Waals surface area contributed by atoms with Crippen LogP contribution in [0.5, 0.6) is 0 Å². The van der Waals surface area contributed by atoms with Gasteiger partial charge in [-0.15, -0.1) is 0 Å². The molecular weight excluding hydrogens is 260 g/mol. The van der Waals surface area contributed by atoms with Gasteiger partial charge in [-0.1, -0.05) is 26.2 Å². The third-order valence-corrected chi connectivity index (χ3v) is 2.52. The second kappa shape index (κ2) is 9.58. The first kappa shape index (κ1) is 18.7. The maximum absolute atomic E-state index is 11.8. The molecule has 0 fully saturated rings. The standard InChI is InChI=1S/C14H28N2O4/c1-5-6-7-8-9-15-12(18)11(10-17)16-13(19)20-14(2,3)4/h11,17H,5-10H2,1-4H3,(H,15,18)(H,16,19)/t11-/m0/s1. The van der Waals surface area contributed by atoms with Crippen LogP contribution in [-0.2, 0) is 9.53 Å². The molecule has 0 saturated heterocycles. The molecule has 0 spiro atoms. The van der Waals surface area contributed by atoms with Crippen molar-refractivity contribution in [3.8, 4) is 0 Å². The third-order valence-electron chi connectivity index (χ3n) is 2.52. The van der Waals surface area contributed by atoms with E-state index in [0.717, 1.165) is 25.7 Å². The zero-order chi connectivity index (χ0) is 15.6. The summed E-state index contributed by atoms with van der Waals surface area (Å²) in [5.41, 5.74) is -0.638. The summed E-state index contributed by atoms with van der Waals surface area (Å²) >= 11 is 0. The Morgan fingerprint density at radius 2 is 1.85 bits per heavy atom. The lowest BCUT2D eigenvalue weighted by Gasteiger charge is -2.22. The summed E-state index contributed by atoms with van der Waals surface area (Å²) in [6.07, 6.45) is 3.50. The smallest absolute Gasteiger partial charge is 0.408 e. The third kappa shape index (κ3) is 9.61. The number of rotatable bonds is 8. The summed E-state index contributed by atoms with van der Waals surface area (Å²) in [7, 11) is 0. The van der Waals surface area contributed by atoms with Gasteiger partial charge in [-0.2, -0.15) is 0 Å². The molecule has 0 rings (SSSR count). The van der Waals surface area contributed by atoms with E-state index in [9.17, 15) is 9.59 Å². The first-order chi connectivity index (χ1) is 9.30. The van der Waals surface area contributed by atoms with E-state index in [1.54, 1.807) is 20.8 Å². The first-order valence-corrected chi connectivity index (χ1v) is 7.18. The van der Waals surface area contributed by atoms with Crippen LogP contribution in [0.1, 0.15) is 53.4 Å². The normalized spacial score (nSPS) is 12.7. The minimum absolute atomic E-state index is 0.394. The van der Waals surface area contributed by atoms with Gasteiger partial charge >= 0.3 is 6.09 Å². The molecule has 0 aromatic rings. The van der Waals surface area contributed by atoms with E-state index < -0.39 is 30.3 Å². The van der Waals surface area contributed by atoms with Gasteiger partial charge in [0, 0.05) is 6.54 Å². The van der Waals surface area contributed by atoms with Gasteiger partial charge < -0.3 is 20.5 Å². The second-order valence-corrected chi connectivity index (χ2v) is 5.73. The number of nitrogens with one attached hydrogen (secondary N) is 2. The molecule has 118 valence electrons. The summed E-state index contributed by atoms with van der Waals surface area (Å²) in [5.74, 6) is -0.394. The molecule has 0 aliphatic heterocycles. The van der Waals surface area contributed by atoms with Crippen molar-refractivity contribution in [2.24, 2.45) is 0 Å². The van der Waals surface area contributed by atoms with Gasteiger partial charge in [0.1, 0.15) is 11.6 Å². The molecule has 6 heteroatoms. The Morgan fingerprint density at radius 1 is 1.20 bits per heavy atom. The van der Waals surface area contributed by atoms with Crippen molar-refractivity contribution in [2.45, 2.75) is 65.0 Å². The zero-order valence-corrected chi connectivity index (χ0v) is 13.0. The molecule has 0 saturated carbocycles. The van der Waals surface area contributed by atoms with E-state index in [4.69, 9.17) is 9.84 Å². The summed E-state index contributed by atoms with van der Waals surface area (Å²) in [5, 5.41) is 14.2. The number of unbranched alkanes of at least 4 members (excludes halogenated alkanes) is 3.